The molecule has 1 amide bonds. The number of piperidine rings is 1. The number of rotatable bonds is 3. The lowest BCUT2D eigenvalue weighted by Crippen LogP contribution is -2.38. The van der Waals surface area contributed by atoms with E-state index >= 15 is 0 Å². The van der Waals surface area contributed by atoms with Crippen molar-refractivity contribution in [2.75, 3.05) is 20.2 Å². The number of likely N-dealkylation sites (tertiary alicyclic amines) is 1. The van der Waals surface area contributed by atoms with Crippen molar-refractivity contribution in [1.29, 1.82) is 0 Å². The zero-order valence-corrected chi connectivity index (χ0v) is 14.0. The third-order valence-electron chi connectivity index (χ3n) is 4.49. The van der Waals surface area contributed by atoms with Crippen molar-refractivity contribution in [1.82, 2.24) is 14.7 Å². The van der Waals surface area contributed by atoms with Crippen molar-refractivity contribution in [2.24, 2.45) is 5.92 Å². The molecule has 1 aromatic carbocycles. The van der Waals surface area contributed by atoms with Crippen LogP contribution in [0.2, 0.25) is 0 Å². The molecule has 0 radical (unpaired) electrons. The predicted octanol–water partition coefficient (Wildman–Crippen LogP) is 3.06. The van der Waals surface area contributed by atoms with Crippen LogP contribution in [0.3, 0.4) is 0 Å². The molecule has 1 aromatic heterocycles. The Kier molecular flexibility index (Phi) is 4.37. The number of benzene rings is 1. The van der Waals surface area contributed by atoms with Crippen LogP contribution in [0, 0.1) is 12.8 Å². The van der Waals surface area contributed by atoms with E-state index in [1.807, 2.05) is 42.2 Å². The Morgan fingerprint density at radius 1 is 1.22 bits per heavy atom. The van der Waals surface area contributed by atoms with E-state index in [0.29, 0.717) is 11.6 Å². The molecule has 1 saturated heterocycles. The van der Waals surface area contributed by atoms with Crippen LogP contribution in [0.4, 0.5) is 0 Å². The molecule has 0 N–H and O–H groups in total. The van der Waals surface area contributed by atoms with Gasteiger partial charge in [-0.25, -0.2) is 4.68 Å². The van der Waals surface area contributed by atoms with Gasteiger partial charge in [-0.3, -0.25) is 4.79 Å². The molecule has 0 atom stereocenters. The van der Waals surface area contributed by atoms with Crippen molar-refractivity contribution in [3.63, 3.8) is 0 Å². The Labute approximate surface area is 136 Å². The Balaban J connectivity index is 1.81. The number of amides is 1. The molecule has 1 aliphatic rings. The highest BCUT2D eigenvalue weighted by atomic mass is 16.5. The molecule has 5 nitrogen and oxygen atoms in total. The summed E-state index contributed by atoms with van der Waals surface area (Å²) < 4.78 is 6.98. The average Bonchev–Trinajstić information content (AvgIpc) is 2.97. The fourth-order valence-corrected chi connectivity index (χ4v) is 2.94. The molecular weight excluding hydrogens is 290 g/mol. The molecule has 2 heterocycles. The molecule has 23 heavy (non-hydrogen) atoms. The maximum atomic E-state index is 12.6. The van der Waals surface area contributed by atoms with Crippen molar-refractivity contribution in [3.8, 4) is 11.4 Å². The summed E-state index contributed by atoms with van der Waals surface area (Å²) in [6, 6.07) is 9.53. The van der Waals surface area contributed by atoms with Crippen LogP contribution in [0.1, 0.15) is 35.9 Å². The van der Waals surface area contributed by atoms with Crippen LogP contribution in [0.15, 0.2) is 30.3 Å². The Morgan fingerprint density at radius 3 is 2.48 bits per heavy atom. The fourth-order valence-electron chi connectivity index (χ4n) is 2.94. The normalized spacial score (nSPS) is 15.7. The first kappa shape index (κ1) is 15.6. The topological polar surface area (TPSA) is 47.4 Å². The third kappa shape index (κ3) is 3.23. The lowest BCUT2D eigenvalue weighted by Gasteiger charge is -2.29. The smallest absolute Gasteiger partial charge is 0.274 e. The Hall–Kier alpha value is -2.30. The zero-order chi connectivity index (χ0) is 16.4. The molecule has 3 rings (SSSR count). The first-order chi connectivity index (χ1) is 11.1. The number of ether oxygens (including phenoxy) is 1. The lowest BCUT2D eigenvalue weighted by atomic mass is 9.99. The minimum absolute atomic E-state index is 0.0345. The maximum Gasteiger partial charge on any atom is 0.274 e. The van der Waals surface area contributed by atoms with Gasteiger partial charge in [-0.05, 0) is 56.0 Å². The highest BCUT2D eigenvalue weighted by molar-refractivity contribution is 5.92. The Morgan fingerprint density at radius 2 is 1.87 bits per heavy atom. The van der Waals surface area contributed by atoms with Gasteiger partial charge in [-0.2, -0.15) is 5.10 Å². The second kappa shape index (κ2) is 6.44. The first-order valence-electron chi connectivity index (χ1n) is 8.09. The molecule has 0 bridgehead atoms. The van der Waals surface area contributed by atoms with E-state index in [0.717, 1.165) is 43.1 Å². The van der Waals surface area contributed by atoms with E-state index in [4.69, 9.17) is 4.74 Å². The second-order valence-corrected chi connectivity index (χ2v) is 6.26. The summed E-state index contributed by atoms with van der Waals surface area (Å²) >= 11 is 0. The highest BCUT2D eigenvalue weighted by Crippen LogP contribution is 2.20. The van der Waals surface area contributed by atoms with Crippen molar-refractivity contribution >= 4 is 5.91 Å². The van der Waals surface area contributed by atoms with E-state index in [2.05, 4.69) is 12.0 Å². The molecule has 0 spiro atoms. The van der Waals surface area contributed by atoms with Gasteiger partial charge < -0.3 is 9.64 Å². The van der Waals surface area contributed by atoms with Gasteiger partial charge in [0.2, 0.25) is 0 Å². The average molecular weight is 313 g/mol. The molecule has 1 aliphatic heterocycles. The first-order valence-corrected chi connectivity index (χ1v) is 8.09. The number of hydrogen-bond donors (Lipinski definition) is 0. The molecule has 0 aliphatic carbocycles. The van der Waals surface area contributed by atoms with Crippen molar-refractivity contribution in [3.05, 3.63) is 41.7 Å². The van der Waals surface area contributed by atoms with E-state index in [1.54, 1.807) is 11.8 Å². The van der Waals surface area contributed by atoms with Gasteiger partial charge in [0.1, 0.15) is 5.75 Å². The van der Waals surface area contributed by atoms with Gasteiger partial charge in [-0.15, -0.1) is 0 Å². The fraction of sp³-hybridized carbons (Fsp3) is 0.444. The van der Waals surface area contributed by atoms with Crippen molar-refractivity contribution in [2.45, 2.75) is 26.7 Å². The van der Waals surface area contributed by atoms with Gasteiger partial charge in [0.15, 0.2) is 5.69 Å². The summed E-state index contributed by atoms with van der Waals surface area (Å²) in [5.74, 6) is 1.54. The number of carbonyl (C=O) groups excluding carboxylic acids is 1. The van der Waals surface area contributed by atoms with Crippen LogP contribution in [0.5, 0.6) is 5.75 Å². The number of aryl methyl sites for hydroxylation is 1. The standard InChI is InChI=1S/C18H23N3O2/c1-13-8-10-20(11-9-13)18(22)17-12-14(2)21(19-17)15-4-6-16(23-3)7-5-15/h4-7,12-13H,8-11H2,1-3H3. The molecule has 122 valence electrons. The molecule has 5 heteroatoms. The monoisotopic (exact) mass is 313 g/mol. The van der Waals surface area contributed by atoms with Gasteiger partial charge in [0.05, 0.1) is 12.8 Å². The Bertz CT molecular complexity index is 683. The SMILES string of the molecule is COc1ccc(-n2nc(C(=O)N3CCC(C)CC3)cc2C)cc1. The number of nitrogens with zero attached hydrogens (tertiary/aromatic N) is 3. The van der Waals surface area contributed by atoms with Crippen LogP contribution in [-0.4, -0.2) is 40.8 Å². The summed E-state index contributed by atoms with van der Waals surface area (Å²) in [6.07, 6.45) is 2.15. The second-order valence-electron chi connectivity index (χ2n) is 6.26. The summed E-state index contributed by atoms with van der Waals surface area (Å²) in [5, 5.41) is 4.51. The van der Waals surface area contributed by atoms with E-state index in [1.165, 1.54) is 0 Å². The zero-order valence-electron chi connectivity index (χ0n) is 14.0. The number of hydrogen-bond acceptors (Lipinski definition) is 3. The van der Waals surface area contributed by atoms with Gasteiger partial charge >= 0.3 is 0 Å². The molecular formula is C18H23N3O2. The molecule has 2 aromatic rings. The van der Waals surface area contributed by atoms with E-state index in [-0.39, 0.29) is 5.91 Å². The highest BCUT2D eigenvalue weighted by Gasteiger charge is 2.23. The summed E-state index contributed by atoms with van der Waals surface area (Å²) in [4.78, 5) is 14.6. The number of methoxy groups -OCH3 is 1. The summed E-state index contributed by atoms with van der Waals surface area (Å²) in [5.41, 5.74) is 2.39. The van der Waals surface area contributed by atoms with E-state index in [9.17, 15) is 4.79 Å². The third-order valence-corrected chi connectivity index (χ3v) is 4.49. The lowest BCUT2D eigenvalue weighted by molar-refractivity contribution is 0.0691. The molecule has 1 fully saturated rings. The predicted molar refractivity (Wildman–Crippen MR) is 89.2 cm³/mol. The van der Waals surface area contributed by atoms with E-state index < -0.39 is 0 Å². The van der Waals surface area contributed by atoms with Crippen LogP contribution in [-0.2, 0) is 0 Å². The summed E-state index contributed by atoms with van der Waals surface area (Å²) in [6.45, 7) is 5.86. The van der Waals surface area contributed by atoms with Gasteiger partial charge in [-0.1, -0.05) is 6.92 Å². The van der Waals surface area contributed by atoms with Crippen LogP contribution >= 0.6 is 0 Å². The molecule has 0 saturated carbocycles. The minimum Gasteiger partial charge on any atom is -0.497 e. The van der Waals surface area contributed by atoms with Crippen LogP contribution in [0.25, 0.3) is 5.69 Å². The summed E-state index contributed by atoms with van der Waals surface area (Å²) in [7, 11) is 1.64. The van der Waals surface area contributed by atoms with Crippen molar-refractivity contribution < 1.29 is 9.53 Å². The number of carbonyl (C=O) groups is 1. The van der Waals surface area contributed by atoms with Gasteiger partial charge in [0, 0.05) is 18.8 Å². The number of aromatic nitrogens is 2. The maximum absolute atomic E-state index is 12.6. The molecule has 0 unspecified atom stereocenters. The largest absolute Gasteiger partial charge is 0.497 e. The minimum atomic E-state index is 0.0345. The quantitative estimate of drug-likeness (QED) is 0.875. The van der Waals surface area contributed by atoms with Gasteiger partial charge in [0.25, 0.3) is 5.91 Å². The van der Waals surface area contributed by atoms with Crippen LogP contribution < -0.4 is 4.74 Å².